The quantitative estimate of drug-likeness (QED) is 0.619. The van der Waals surface area contributed by atoms with E-state index in [9.17, 15) is 18.0 Å². The molecule has 0 radical (unpaired) electrons. The molecule has 0 unspecified atom stereocenters. The topological polar surface area (TPSA) is 44.8 Å². The van der Waals surface area contributed by atoms with Crippen LogP contribution in [0.15, 0.2) is 18.2 Å². The predicted octanol–water partition coefficient (Wildman–Crippen LogP) is 2.91. The first-order valence-electron chi connectivity index (χ1n) is 4.99. The van der Waals surface area contributed by atoms with Gasteiger partial charge in [-0.3, -0.25) is 4.79 Å². The minimum atomic E-state index is -4.82. The summed E-state index contributed by atoms with van der Waals surface area (Å²) in [5, 5.41) is 0. The molecule has 0 saturated heterocycles. The van der Waals surface area contributed by atoms with Gasteiger partial charge in [-0.2, -0.15) is 0 Å². The summed E-state index contributed by atoms with van der Waals surface area (Å²) in [6, 6.07) is 3.29. The van der Waals surface area contributed by atoms with Crippen molar-refractivity contribution in [3.8, 4) is 17.2 Å². The fraction of sp³-hybridized carbons (Fsp3) is 0.364. The van der Waals surface area contributed by atoms with Crippen LogP contribution in [0.3, 0.4) is 0 Å². The second-order valence-electron chi connectivity index (χ2n) is 3.22. The van der Waals surface area contributed by atoms with Crippen LogP contribution in [0, 0.1) is 0 Å². The Bertz CT molecular complexity index is 429. The molecule has 4 nitrogen and oxygen atoms in total. The minimum absolute atomic E-state index is 0.0690. The summed E-state index contributed by atoms with van der Waals surface area (Å²) in [5.74, 6) is -1.06. The third-order valence-corrected chi connectivity index (χ3v) is 1.84. The molecule has 1 aromatic carbocycles. The second kappa shape index (κ2) is 5.61. The van der Waals surface area contributed by atoms with Crippen LogP contribution in [0.5, 0.6) is 17.2 Å². The van der Waals surface area contributed by atoms with E-state index in [-0.39, 0.29) is 17.9 Å². The zero-order chi connectivity index (χ0) is 13.8. The Hall–Kier alpha value is -1.92. The summed E-state index contributed by atoms with van der Waals surface area (Å²) in [6.07, 6.45) is -4.72. The first kappa shape index (κ1) is 14.1. The maximum atomic E-state index is 12.1. The Morgan fingerprint density at radius 2 is 1.72 bits per heavy atom. The van der Waals surface area contributed by atoms with Crippen molar-refractivity contribution < 1.29 is 32.2 Å². The molecule has 1 rings (SSSR count). The van der Waals surface area contributed by atoms with Crippen LogP contribution in [-0.2, 0) is 4.79 Å². The number of esters is 1. The van der Waals surface area contributed by atoms with Crippen LogP contribution < -0.4 is 14.2 Å². The number of halogens is 3. The summed E-state index contributed by atoms with van der Waals surface area (Å²) < 4.78 is 49.5. The van der Waals surface area contributed by atoms with Crippen molar-refractivity contribution in [2.45, 2.75) is 19.7 Å². The van der Waals surface area contributed by atoms with Gasteiger partial charge in [0.2, 0.25) is 0 Å². The summed E-state index contributed by atoms with van der Waals surface area (Å²) in [6.45, 7) is 1.57. The largest absolute Gasteiger partial charge is 0.573 e. The van der Waals surface area contributed by atoms with Gasteiger partial charge in [-0.15, -0.1) is 13.2 Å². The molecule has 0 aliphatic heterocycles. The van der Waals surface area contributed by atoms with E-state index in [4.69, 9.17) is 9.47 Å². The number of alkyl halides is 3. The van der Waals surface area contributed by atoms with Gasteiger partial charge in [0.25, 0.3) is 0 Å². The molecule has 0 bridgehead atoms. The zero-order valence-corrected chi connectivity index (χ0v) is 9.71. The van der Waals surface area contributed by atoms with Crippen molar-refractivity contribution in [1.82, 2.24) is 0 Å². The summed E-state index contributed by atoms with van der Waals surface area (Å²) >= 11 is 0. The van der Waals surface area contributed by atoms with Gasteiger partial charge in [0.05, 0.1) is 7.11 Å². The van der Waals surface area contributed by atoms with Crippen LogP contribution in [0.25, 0.3) is 0 Å². The molecule has 0 aliphatic carbocycles. The Labute approximate surface area is 101 Å². The van der Waals surface area contributed by atoms with Gasteiger partial charge in [0, 0.05) is 24.6 Å². The lowest BCUT2D eigenvalue weighted by molar-refractivity contribution is -0.274. The minimum Gasteiger partial charge on any atom is -0.496 e. The second-order valence-corrected chi connectivity index (χ2v) is 3.22. The molecule has 100 valence electrons. The van der Waals surface area contributed by atoms with E-state index >= 15 is 0 Å². The highest BCUT2D eigenvalue weighted by Gasteiger charge is 2.31. The molecule has 0 amide bonds. The average molecular weight is 264 g/mol. The molecule has 0 atom stereocenters. The third-order valence-electron chi connectivity index (χ3n) is 1.84. The molecule has 0 saturated carbocycles. The lowest BCUT2D eigenvalue weighted by atomic mass is 10.3. The lowest BCUT2D eigenvalue weighted by Crippen LogP contribution is -2.17. The molecular formula is C11H11F3O4. The number of methoxy groups -OCH3 is 1. The summed E-state index contributed by atoms with van der Waals surface area (Å²) in [7, 11) is 1.28. The molecule has 0 aliphatic rings. The van der Waals surface area contributed by atoms with Crippen molar-refractivity contribution in [3.63, 3.8) is 0 Å². The number of hydrogen-bond donors (Lipinski definition) is 0. The lowest BCUT2D eigenvalue weighted by Gasteiger charge is -2.12. The average Bonchev–Trinajstić information content (AvgIpc) is 2.26. The van der Waals surface area contributed by atoms with E-state index in [0.29, 0.717) is 0 Å². The van der Waals surface area contributed by atoms with Crippen LogP contribution in [0.2, 0.25) is 0 Å². The monoisotopic (exact) mass is 264 g/mol. The first-order valence-corrected chi connectivity index (χ1v) is 4.99. The van der Waals surface area contributed by atoms with E-state index < -0.39 is 18.1 Å². The molecular weight excluding hydrogens is 253 g/mol. The van der Waals surface area contributed by atoms with Gasteiger partial charge in [-0.05, 0) is 0 Å². The van der Waals surface area contributed by atoms with Crippen molar-refractivity contribution in [3.05, 3.63) is 18.2 Å². The van der Waals surface area contributed by atoms with Gasteiger partial charge >= 0.3 is 12.3 Å². The molecule has 0 heterocycles. The molecule has 0 fully saturated rings. The SMILES string of the molecule is CCC(=O)Oc1cc(OC)cc(OC(F)(F)F)c1. The van der Waals surface area contributed by atoms with E-state index in [1.807, 2.05) is 0 Å². The van der Waals surface area contributed by atoms with Gasteiger partial charge in [0.15, 0.2) is 0 Å². The fourth-order valence-electron chi connectivity index (χ4n) is 1.12. The maximum Gasteiger partial charge on any atom is 0.573 e. The number of ether oxygens (including phenoxy) is 3. The van der Waals surface area contributed by atoms with Crippen molar-refractivity contribution in [2.24, 2.45) is 0 Å². The third kappa shape index (κ3) is 4.52. The Balaban J connectivity index is 2.98. The number of carbonyl (C=O) groups excluding carboxylic acids is 1. The highest BCUT2D eigenvalue weighted by Crippen LogP contribution is 2.31. The number of rotatable bonds is 4. The van der Waals surface area contributed by atoms with Crippen molar-refractivity contribution in [1.29, 1.82) is 0 Å². The Morgan fingerprint density at radius 3 is 2.22 bits per heavy atom. The Morgan fingerprint density at radius 1 is 1.17 bits per heavy atom. The molecule has 0 aromatic heterocycles. The highest BCUT2D eigenvalue weighted by atomic mass is 19.4. The molecule has 0 spiro atoms. The van der Waals surface area contributed by atoms with E-state index in [0.717, 1.165) is 12.1 Å². The standard InChI is InChI=1S/C11H11F3O4/c1-3-10(15)17-8-4-7(16-2)5-9(6-8)18-11(12,13)14/h4-6H,3H2,1-2H3. The predicted molar refractivity (Wildman–Crippen MR) is 55.6 cm³/mol. The van der Waals surface area contributed by atoms with Gasteiger partial charge in [0.1, 0.15) is 17.2 Å². The van der Waals surface area contributed by atoms with E-state index in [2.05, 4.69) is 4.74 Å². The van der Waals surface area contributed by atoms with Crippen molar-refractivity contribution >= 4 is 5.97 Å². The maximum absolute atomic E-state index is 12.1. The number of benzene rings is 1. The zero-order valence-electron chi connectivity index (χ0n) is 9.71. The van der Waals surface area contributed by atoms with Crippen LogP contribution in [0.4, 0.5) is 13.2 Å². The molecule has 18 heavy (non-hydrogen) atoms. The van der Waals surface area contributed by atoms with Crippen LogP contribution in [0.1, 0.15) is 13.3 Å². The number of carbonyl (C=O) groups is 1. The summed E-state index contributed by atoms with van der Waals surface area (Å²) in [4.78, 5) is 11.1. The first-order chi connectivity index (χ1) is 8.34. The van der Waals surface area contributed by atoms with Crippen molar-refractivity contribution in [2.75, 3.05) is 7.11 Å². The smallest absolute Gasteiger partial charge is 0.496 e. The molecule has 7 heteroatoms. The van der Waals surface area contributed by atoms with Crippen LogP contribution in [-0.4, -0.2) is 19.4 Å². The molecule has 1 aromatic rings. The van der Waals surface area contributed by atoms with Gasteiger partial charge in [-0.25, -0.2) is 0 Å². The van der Waals surface area contributed by atoms with E-state index in [1.54, 1.807) is 6.92 Å². The highest BCUT2D eigenvalue weighted by molar-refractivity contribution is 5.72. The molecule has 0 N–H and O–H groups in total. The number of hydrogen-bond acceptors (Lipinski definition) is 4. The van der Waals surface area contributed by atoms with Gasteiger partial charge in [-0.1, -0.05) is 6.92 Å². The van der Waals surface area contributed by atoms with E-state index in [1.165, 1.54) is 13.2 Å². The normalized spacial score (nSPS) is 10.9. The Kier molecular flexibility index (Phi) is 4.41. The van der Waals surface area contributed by atoms with Gasteiger partial charge < -0.3 is 14.2 Å². The van der Waals surface area contributed by atoms with Crippen LogP contribution >= 0.6 is 0 Å². The summed E-state index contributed by atoms with van der Waals surface area (Å²) in [5.41, 5.74) is 0. The fourth-order valence-corrected chi connectivity index (χ4v) is 1.12.